The van der Waals surface area contributed by atoms with E-state index in [0.717, 1.165) is 41.2 Å². The minimum atomic E-state index is -0.259. The zero-order valence-electron chi connectivity index (χ0n) is 13.6. The van der Waals surface area contributed by atoms with Gasteiger partial charge in [-0.2, -0.15) is 0 Å². The topological polar surface area (TPSA) is 41.1 Å². The SMILES string of the molecule is CNCCc1ccccc1C(=O)NC1CCSc2ccc(F)cc21. The molecule has 3 rings (SSSR count). The molecule has 0 fully saturated rings. The van der Waals surface area contributed by atoms with Crippen molar-refractivity contribution in [3.05, 3.63) is 65.0 Å². The maximum atomic E-state index is 13.6. The van der Waals surface area contributed by atoms with Gasteiger partial charge in [-0.1, -0.05) is 18.2 Å². The molecule has 1 amide bonds. The van der Waals surface area contributed by atoms with Crippen LogP contribution in [0.5, 0.6) is 0 Å². The Bertz CT molecular complexity index is 735. The van der Waals surface area contributed by atoms with Crippen LogP contribution in [-0.4, -0.2) is 25.3 Å². The predicted molar refractivity (Wildman–Crippen MR) is 96.0 cm³/mol. The highest BCUT2D eigenvalue weighted by molar-refractivity contribution is 7.99. The Kier molecular flexibility index (Phi) is 5.53. The molecule has 3 nitrogen and oxygen atoms in total. The minimum absolute atomic E-state index is 0.0891. The first-order chi connectivity index (χ1) is 11.7. The van der Waals surface area contributed by atoms with Gasteiger partial charge in [0.05, 0.1) is 6.04 Å². The summed E-state index contributed by atoms with van der Waals surface area (Å²) in [6.07, 6.45) is 1.61. The van der Waals surface area contributed by atoms with E-state index in [2.05, 4.69) is 10.6 Å². The molecule has 126 valence electrons. The number of likely N-dealkylation sites (N-methyl/N-ethyl adjacent to an activating group) is 1. The first kappa shape index (κ1) is 17.0. The quantitative estimate of drug-likeness (QED) is 0.871. The summed E-state index contributed by atoms with van der Waals surface area (Å²) in [6, 6.07) is 12.3. The molecule has 1 aliphatic rings. The second-order valence-electron chi connectivity index (χ2n) is 5.86. The van der Waals surface area contributed by atoms with Crippen LogP contribution in [0.15, 0.2) is 47.4 Å². The van der Waals surface area contributed by atoms with Crippen molar-refractivity contribution in [2.75, 3.05) is 19.3 Å². The number of thioether (sulfide) groups is 1. The molecule has 0 bridgehead atoms. The van der Waals surface area contributed by atoms with Crippen LogP contribution in [0.4, 0.5) is 4.39 Å². The lowest BCUT2D eigenvalue weighted by molar-refractivity contribution is 0.0934. The highest BCUT2D eigenvalue weighted by Crippen LogP contribution is 2.36. The first-order valence-electron chi connectivity index (χ1n) is 8.14. The van der Waals surface area contributed by atoms with Crippen molar-refractivity contribution in [2.24, 2.45) is 0 Å². The van der Waals surface area contributed by atoms with Crippen LogP contribution in [-0.2, 0) is 6.42 Å². The van der Waals surface area contributed by atoms with Gasteiger partial charge in [0, 0.05) is 16.2 Å². The Hall–Kier alpha value is -1.85. The molecule has 0 radical (unpaired) electrons. The van der Waals surface area contributed by atoms with Crippen molar-refractivity contribution in [1.82, 2.24) is 10.6 Å². The molecule has 2 aromatic carbocycles. The van der Waals surface area contributed by atoms with Crippen LogP contribution in [0.1, 0.15) is 33.9 Å². The lowest BCUT2D eigenvalue weighted by Gasteiger charge is -2.26. The second-order valence-corrected chi connectivity index (χ2v) is 6.99. The van der Waals surface area contributed by atoms with E-state index in [1.54, 1.807) is 23.9 Å². The molecule has 1 aliphatic heterocycles. The maximum absolute atomic E-state index is 13.6. The number of benzene rings is 2. The summed E-state index contributed by atoms with van der Waals surface area (Å²) in [5.41, 5.74) is 2.60. The van der Waals surface area contributed by atoms with Crippen LogP contribution in [0.3, 0.4) is 0 Å². The van der Waals surface area contributed by atoms with Crippen LogP contribution >= 0.6 is 11.8 Å². The number of carbonyl (C=O) groups excluding carboxylic acids is 1. The fourth-order valence-corrected chi connectivity index (χ4v) is 4.08. The lowest BCUT2D eigenvalue weighted by atomic mass is 10.0. The predicted octanol–water partition coefficient (Wildman–Crippen LogP) is 3.55. The van der Waals surface area contributed by atoms with Gasteiger partial charge in [-0.15, -0.1) is 11.8 Å². The van der Waals surface area contributed by atoms with Crippen LogP contribution in [0.2, 0.25) is 0 Å². The average Bonchev–Trinajstić information content (AvgIpc) is 2.60. The molecular weight excluding hydrogens is 323 g/mol. The third kappa shape index (κ3) is 3.79. The number of hydrogen-bond donors (Lipinski definition) is 2. The molecule has 0 saturated heterocycles. The molecule has 24 heavy (non-hydrogen) atoms. The molecule has 1 heterocycles. The summed E-state index contributed by atoms with van der Waals surface area (Å²) in [4.78, 5) is 13.8. The lowest BCUT2D eigenvalue weighted by Crippen LogP contribution is -2.31. The maximum Gasteiger partial charge on any atom is 0.252 e. The standard InChI is InChI=1S/C19H21FN2OS/c1-21-10-8-13-4-2-3-5-15(13)19(23)22-17-9-11-24-18-7-6-14(20)12-16(17)18/h2-7,12,17,21H,8-11H2,1H3,(H,22,23). The molecule has 0 spiro atoms. The van der Waals surface area contributed by atoms with Crippen LogP contribution < -0.4 is 10.6 Å². The summed E-state index contributed by atoms with van der Waals surface area (Å²) in [5.74, 6) is 0.573. The molecular formula is C19H21FN2OS. The molecule has 0 saturated carbocycles. The number of hydrogen-bond acceptors (Lipinski definition) is 3. The third-order valence-electron chi connectivity index (χ3n) is 4.22. The van der Waals surface area contributed by atoms with E-state index in [9.17, 15) is 9.18 Å². The van der Waals surface area contributed by atoms with Crippen molar-refractivity contribution in [3.8, 4) is 0 Å². The van der Waals surface area contributed by atoms with Crippen LogP contribution in [0.25, 0.3) is 0 Å². The Morgan fingerprint density at radius 2 is 2.12 bits per heavy atom. The summed E-state index contributed by atoms with van der Waals surface area (Å²) in [5, 5.41) is 6.20. The Balaban J connectivity index is 1.80. The largest absolute Gasteiger partial charge is 0.345 e. The zero-order valence-corrected chi connectivity index (χ0v) is 14.5. The second kappa shape index (κ2) is 7.81. The van der Waals surface area contributed by atoms with Gasteiger partial charge < -0.3 is 10.6 Å². The number of carbonyl (C=O) groups is 1. The number of halogens is 1. The van der Waals surface area contributed by atoms with E-state index in [-0.39, 0.29) is 17.8 Å². The molecule has 5 heteroatoms. The smallest absolute Gasteiger partial charge is 0.252 e. The first-order valence-corrected chi connectivity index (χ1v) is 9.13. The van der Waals surface area contributed by atoms with Crippen molar-refractivity contribution >= 4 is 17.7 Å². The van der Waals surface area contributed by atoms with Gasteiger partial charge >= 0.3 is 0 Å². The zero-order chi connectivity index (χ0) is 16.9. The van der Waals surface area contributed by atoms with Crippen molar-refractivity contribution in [3.63, 3.8) is 0 Å². The monoisotopic (exact) mass is 344 g/mol. The fourth-order valence-electron chi connectivity index (χ4n) is 2.97. The number of rotatable bonds is 5. The van der Waals surface area contributed by atoms with E-state index < -0.39 is 0 Å². The van der Waals surface area contributed by atoms with E-state index >= 15 is 0 Å². The highest BCUT2D eigenvalue weighted by Gasteiger charge is 2.24. The third-order valence-corrected chi connectivity index (χ3v) is 5.35. The van der Waals surface area contributed by atoms with E-state index in [1.807, 2.05) is 31.3 Å². The van der Waals surface area contributed by atoms with E-state index in [4.69, 9.17) is 0 Å². The van der Waals surface area contributed by atoms with Gasteiger partial charge in [0.1, 0.15) is 5.82 Å². The van der Waals surface area contributed by atoms with Gasteiger partial charge in [-0.25, -0.2) is 4.39 Å². The number of nitrogens with one attached hydrogen (secondary N) is 2. The summed E-state index contributed by atoms with van der Waals surface area (Å²) in [7, 11) is 1.90. The summed E-state index contributed by atoms with van der Waals surface area (Å²) < 4.78 is 13.6. The van der Waals surface area contributed by atoms with Crippen molar-refractivity contribution in [2.45, 2.75) is 23.8 Å². The van der Waals surface area contributed by atoms with Gasteiger partial charge in [0.25, 0.3) is 5.91 Å². The van der Waals surface area contributed by atoms with Gasteiger partial charge in [0.2, 0.25) is 0 Å². The number of amides is 1. The van der Waals surface area contributed by atoms with Crippen LogP contribution in [0, 0.1) is 5.82 Å². The van der Waals surface area contributed by atoms with E-state index in [1.165, 1.54) is 6.07 Å². The Morgan fingerprint density at radius 3 is 2.96 bits per heavy atom. The normalized spacial score (nSPS) is 16.5. The molecule has 1 unspecified atom stereocenters. The molecule has 0 aromatic heterocycles. The minimum Gasteiger partial charge on any atom is -0.345 e. The summed E-state index contributed by atoms with van der Waals surface area (Å²) in [6.45, 7) is 0.818. The average molecular weight is 344 g/mol. The van der Waals surface area contributed by atoms with E-state index in [0.29, 0.717) is 5.56 Å². The molecule has 2 aromatic rings. The van der Waals surface area contributed by atoms with Crippen molar-refractivity contribution < 1.29 is 9.18 Å². The highest BCUT2D eigenvalue weighted by atomic mass is 32.2. The fraction of sp³-hybridized carbons (Fsp3) is 0.316. The van der Waals surface area contributed by atoms with Gasteiger partial charge in [-0.05, 0) is 61.8 Å². The molecule has 1 atom stereocenters. The van der Waals surface area contributed by atoms with Crippen molar-refractivity contribution in [1.29, 1.82) is 0 Å². The number of fused-ring (bicyclic) bond motifs is 1. The molecule has 2 N–H and O–H groups in total. The Morgan fingerprint density at radius 1 is 1.29 bits per heavy atom. The summed E-state index contributed by atoms with van der Waals surface area (Å²) >= 11 is 1.71. The van der Waals surface area contributed by atoms with Gasteiger partial charge in [0.15, 0.2) is 0 Å². The molecule has 0 aliphatic carbocycles. The Labute approximate surface area is 146 Å². The van der Waals surface area contributed by atoms with Gasteiger partial charge in [-0.3, -0.25) is 4.79 Å².